The Morgan fingerprint density at radius 3 is 1.57 bits per heavy atom. The van der Waals surface area contributed by atoms with E-state index >= 15 is 0 Å². The minimum absolute atomic E-state index is 0.307. The maximum Gasteiger partial charge on any atom is 0.0125 e. The first-order chi connectivity index (χ1) is 6.45. The normalized spacial score (nSPS) is 12.9. The van der Waals surface area contributed by atoms with Crippen LogP contribution in [0.5, 0.6) is 0 Å². The van der Waals surface area contributed by atoms with Crippen LogP contribution >= 0.6 is 0 Å². The first-order valence-electron chi connectivity index (χ1n) is 5.93. The molecule has 86 valence electrons. The molecule has 0 aromatic rings. The van der Waals surface area contributed by atoms with Gasteiger partial charge in [-0.1, -0.05) is 20.8 Å². The van der Waals surface area contributed by atoms with Gasteiger partial charge in [0.15, 0.2) is 0 Å². The highest BCUT2D eigenvalue weighted by molar-refractivity contribution is 4.75. The van der Waals surface area contributed by atoms with Crippen molar-refractivity contribution >= 4 is 0 Å². The van der Waals surface area contributed by atoms with Gasteiger partial charge in [0.2, 0.25) is 0 Å². The lowest BCUT2D eigenvalue weighted by Gasteiger charge is -2.36. The Morgan fingerprint density at radius 2 is 1.29 bits per heavy atom. The smallest absolute Gasteiger partial charge is 0.0125 e. The van der Waals surface area contributed by atoms with Crippen molar-refractivity contribution in [1.29, 1.82) is 0 Å². The molecule has 0 radical (unpaired) electrons. The van der Waals surface area contributed by atoms with E-state index in [4.69, 9.17) is 0 Å². The van der Waals surface area contributed by atoms with Gasteiger partial charge in [-0.05, 0) is 40.4 Å². The molecule has 0 aromatic heterocycles. The van der Waals surface area contributed by atoms with Crippen molar-refractivity contribution in [3.63, 3.8) is 0 Å². The Bertz CT molecular complexity index is 134. The quantitative estimate of drug-likeness (QED) is 0.650. The van der Waals surface area contributed by atoms with Crippen LogP contribution in [0.1, 0.15) is 41.5 Å². The predicted molar refractivity (Wildman–Crippen MR) is 64.8 cm³/mol. The van der Waals surface area contributed by atoms with E-state index in [2.05, 4.69) is 51.3 Å². The van der Waals surface area contributed by atoms with E-state index in [-0.39, 0.29) is 0 Å². The summed E-state index contributed by atoms with van der Waals surface area (Å²) in [5, 5.41) is 0. The highest BCUT2D eigenvalue weighted by Gasteiger charge is 2.19. The summed E-state index contributed by atoms with van der Waals surface area (Å²) in [6, 6.07) is 0. The van der Waals surface area contributed by atoms with Crippen LogP contribution in [0, 0.1) is 0 Å². The molecule has 14 heavy (non-hydrogen) atoms. The van der Waals surface area contributed by atoms with Crippen LogP contribution in [0.3, 0.4) is 0 Å². The molecule has 0 saturated heterocycles. The molecule has 2 heteroatoms. The van der Waals surface area contributed by atoms with Gasteiger partial charge in [-0.2, -0.15) is 0 Å². The third-order valence-corrected chi connectivity index (χ3v) is 2.91. The van der Waals surface area contributed by atoms with E-state index in [1.165, 1.54) is 13.1 Å². The summed E-state index contributed by atoms with van der Waals surface area (Å²) in [6.45, 7) is 19.4. The van der Waals surface area contributed by atoms with Gasteiger partial charge >= 0.3 is 0 Å². The minimum atomic E-state index is 0.307. The first-order valence-corrected chi connectivity index (χ1v) is 5.93. The van der Waals surface area contributed by atoms with E-state index in [0.29, 0.717) is 5.54 Å². The van der Waals surface area contributed by atoms with Crippen LogP contribution in [0.25, 0.3) is 0 Å². The summed E-state index contributed by atoms with van der Waals surface area (Å²) < 4.78 is 0. The fraction of sp³-hybridized carbons (Fsp3) is 1.00. The average molecular weight is 200 g/mol. The van der Waals surface area contributed by atoms with Crippen LogP contribution in [-0.4, -0.2) is 48.1 Å². The maximum absolute atomic E-state index is 2.53. The second-order valence-electron chi connectivity index (χ2n) is 4.78. The Labute approximate surface area is 90.3 Å². The predicted octanol–water partition coefficient (Wildman–Crippen LogP) is 2.45. The van der Waals surface area contributed by atoms with Crippen LogP contribution in [0.2, 0.25) is 0 Å². The van der Waals surface area contributed by atoms with E-state index in [1.807, 2.05) is 0 Å². The molecule has 0 spiro atoms. The lowest BCUT2D eigenvalue weighted by atomic mass is 10.1. The zero-order chi connectivity index (χ0) is 11.2. The summed E-state index contributed by atoms with van der Waals surface area (Å²) in [7, 11) is 0. The molecule has 2 nitrogen and oxygen atoms in total. The molecule has 0 N–H and O–H groups in total. The molecule has 0 unspecified atom stereocenters. The third-order valence-electron chi connectivity index (χ3n) is 2.91. The largest absolute Gasteiger partial charge is 0.303 e. The maximum atomic E-state index is 2.53. The molecule has 0 aromatic carbocycles. The van der Waals surface area contributed by atoms with Crippen LogP contribution < -0.4 is 0 Å². The van der Waals surface area contributed by atoms with Crippen molar-refractivity contribution in [2.45, 2.75) is 47.1 Å². The zero-order valence-electron chi connectivity index (χ0n) is 10.9. The first kappa shape index (κ1) is 13.9. The summed E-state index contributed by atoms with van der Waals surface area (Å²) in [5.74, 6) is 0. The van der Waals surface area contributed by atoms with Gasteiger partial charge in [0.1, 0.15) is 0 Å². The second kappa shape index (κ2) is 6.41. The van der Waals surface area contributed by atoms with Gasteiger partial charge in [-0.15, -0.1) is 0 Å². The highest BCUT2D eigenvalue weighted by Crippen LogP contribution is 2.11. The molecular weight excluding hydrogens is 172 g/mol. The monoisotopic (exact) mass is 200 g/mol. The van der Waals surface area contributed by atoms with Crippen molar-refractivity contribution in [3.05, 3.63) is 0 Å². The standard InChI is InChI=1S/C12H28N2/c1-7-13(8-2)10-11-14(9-3)12(4,5)6/h7-11H2,1-6H3. The number of hydrogen-bond donors (Lipinski definition) is 0. The molecule has 0 fully saturated rings. The number of likely N-dealkylation sites (N-methyl/N-ethyl adjacent to an activating group) is 2. The van der Waals surface area contributed by atoms with Crippen molar-refractivity contribution in [3.8, 4) is 0 Å². The van der Waals surface area contributed by atoms with Gasteiger partial charge in [0.05, 0.1) is 0 Å². The third kappa shape index (κ3) is 4.97. The lowest BCUT2D eigenvalue weighted by Crippen LogP contribution is -2.45. The average Bonchev–Trinajstić information content (AvgIpc) is 2.10. The molecule has 0 bridgehead atoms. The molecule has 0 heterocycles. The summed E-state index contributed by atoms with van der Waals surface area (Å²) in [6.07, 6.45) is 0. The zero-order valence-corrected chi connectivity index (χ0v) is 10.9. The van der Waals surface area contributed by atoms with E-state index in [0.717, 1.165) is 19.6 Å². The Hall–Kier alpha value is -0.0800. The second-order valence-corrected chi connectivity index (χ2v) is 4.78. The Balaban J connectivity index is 3.95. The Morgan fingerprint density at radius 1 is 0.786 bits per heavy atom. The van der Waals surface area contributed by atoms with Gasteiger partial charge in [0.25, 0.3) is 0 Å². The highest BCUT2D eigenvalue weighted by atomic mass is 15.2. The van der Waals surface area contributed by atoms with Gasteiger partial charge in [-0.25, -0.2) is 0 Å². The van der Waals surface area contributed by atoms with E-state index in [9.17, 15) is 0 Å². The van der Waals surface area contributed by atoms with Crippen LogP contribution in [0.15, 0.2) is 0 Å². The van der Waals surface area contributed by atoms with Crippen LogP contribution in [0.4, 0.5) is 0 Å². The van der Waals surface area contributed by atoms with Crippen molar-refractivity contribution in [1.82, 2.24) is 9.80 Å². The van der Waals surface area contributed by atoms with Crippen molar-refractivity contribution < 1.29 is 0 Å². The molecular formula is C12H28N2. The summed E-state index contributed by atoms with van der Waals surface area (Å²) in [4.78, 5) is 5.01. The summed E-state index contributed by atoms with van der Waals surface area (Å²) in [5.41, 5.74) is 0.307. The molecule has 0 saturated carbocycles. The minimum Gasteiger partial charge on any atom is -0.303 e. The SMILES string of the molecule is CCN(CC)CCN(CC)C(C)(C)C. The summed E-state index contributed by atoms with van der Waals surface area (Å²) >= 11 is 0. The molecule has 0 aliphatic carbocycles. The molecule has 0 rings (SSSR count). The number of rotatable bonds is 6. The van der Waals surface area contributed by atoms with Crippen molar-refractivity contribution in [2.75, 3.05) is 32.7 Å². The molecule has 0 amide bonds. The molecule has 0 aliphatic rings. The fourth-order valence-corrected chi connectivity index (χ4v) is 1.77. The number of hydrogen-bond acceptors (Lipinski definition) is 2. The van der Waals surface area contributed by atoms with Crippen molar-refractivity contribution in [2.24, 2.45) is 0 Å². The van der Waals surface area contributed by atoms with Gasteiger partial charge < -0.3 is 4.90 Å². The van der Waals surface area contributed by atoms with E-state index < -0.39 is 0 Å². The van der Waals surface area contributed by atoms with Gasteiger partial charge in [0, 0.05) is 18.6 Å². The molecule has 0 atom stereocenters. The lowest BCUT2D eigenvalue weighted by molar-refractivity contribution is 0.124. The number of nitrogens with zero attached hydrogens (tertiary/aromatic N) is 2. The van der Waals surface area contributed by atoms with Crippen LogP contribution in [-0.2, 0) is 0 Å². The fourth-order valence-electron chi connectivity index (χ4n) is 1.77. The molecule has 0 aliphatic heterocycles. The Kier molecular flexibility index (Phi) is 6.38. The van der Waals surface area contributed by atoms with Gasteiger partial charge in [-0.3, -0.25) is 4.90 Å². The topological polar surface area (TPSA) is 6.48 Å². The van der Waals surface area contributed by atoms with E-state index in [1.54, 1.807) is 0 Å².